The summed E-state index contributed by atoms with van der Waals surface area (Å²) in [5.41, 5.74) is -0.0603. The van der Waals surface area contributed by atoms with Gasteiger partial charge in [0.15, 0.2) is 0 Å². The van der Waals surface area contributed by atoms with Crippen LogP contribution in [0.1, 0.15) is 47.0 Å². The summed E-state index contributed by atoms with van der Waals surface area (Å²) in [7, 11) is 0. The zero-order valence-corrected chi connectivity index (χ0v) is 8.22. The first kappa shape index (κ1) is 10.9. The summed E-state index contributed by atoms with van der Waals surface area (Å²) >= 11 is 0. The molecule has 11 heavy (non-hydrogen) atoms. The SMILES string of the molecule is CCCCN(O)C(C)(C)CC. The Hall–Kier alpha value is -0.0800. The Balaban J connectivity index is 3.71. The molecule has 0 atom stereocenters. The van der Waals surface area contributed by atoms with Gasteiger partial charge in [-0.3, -0.25) is 0 Å². The first-order chi connectivity index (χ1) is 5.04. The largest absolute Gasteiger partial charge is 0.313 e. The van der Waals surface area contributed by atoms with E-state index in [4.69, 9.17) is 0 Å². The molecule has 0 aliphatic rings. The van der Waals surface area contributed by atoms with Gasteiger partial charge in [0.1, 0.15) is 0 Å². The van der Waals surface area contributed by atoms with E-state index < -0.39 is 0 Å². The number of nitrogens with zero attached hydrogens (tertiary/aromatic N) is 1. The zero-order chi connectivity index (χ0) is 8.91. The van der Waals surface area contributed by atoms with Gasteiger partial charge < -0.3 is 5.21 Å². The number of hydrogen-bond donors (Lipinski definition) is 1. The summed E-state index contributed by atoms with van der Waals surface area (Å²) in [5, 5.41) is 11.0. The molecule has 0 unspecified atom stereocenters. The van der Waals surface area contributed by atoms with Crippen molar-refractivity contribution in [3.8, 4) is 0 Å². The lowest BCUT2D eigenvalue weighted by atomic mass is 10.0. The van der Waals surface area contributed by atoms with Gasteiger partial charge in [0.2, 0.25) is 0 Å². The molecule has 0 bridgehead atoms. The van der Waals surface area contributed by atoms with Crippen LogP contribution in [0.2, 0.25) is 0 Å². The van der Waals surface area contributed by atoms with E-state index in [1.807, 2.05) is 0 Å². The summed E-state index contributed by atoms with van der Waals surface area (Å²) in [5.74, 6) is 0. The molecule has 0 rings (SSSR count). The van der Waals surface area contributed by atoms with Crippen molar-refractivity contribution in [3.63, 3.8) is 0 Å². The molecule has 0 aliphatic heterocycles. The van der Waals surface area contributed by atoms with Gasteiger partial charge in [0.25, 0.3) is 0 Å². The van der Waals surface area contributed by atoms with Crippen LogP contribution in [0.25, 0.3) is 0 Å². The van der Waals surface area contributed by atoms with Gasteiger partial charge >= 0.3 is 0 Å². The van der Waals surface area contributed by atoms with Crippen molar-refractivity contribution in [1.82, 2.24) is 5.06 Å². The van der Waals surface area contributed by atoms with Crippen LogP contribution < -0.4 is 0 Å². The molecule has 1 N–H and O–H groups in total. The normalized spacial score (nSPS) is 12.5. The average molecular weight is 159 g/mol. The molecule has 0 spiro atoms. The quantitative estimate of drug-likeness (QED) is 0.623. The van der Waals surface area contributed by atoms with Crippen LogP contribution in [0.15, 0.2) is 0 Å². The summed E-state index contributed by atoms with van der Waals surface area (Å²) in [6.07, 6.45) is 3.18. The second-order valence-corrected chi connectivity index (χ2v) is 3.64. The van der Waals surface area contributed by atoms with E-state index in [9.17, 15) is 5.21 Å². The minimum absolute atomic E-state index is 0.0603. The van der Waals surface area contributed by atoms with Crippen LogP contribution >= 0.6 is 0 Å². The first-order valence-electron chi connectivity index (χ1n) is 4.51. The zero-order valence-electron chi connectivity index (χ0n) is 8.22. The Morgan fingerprint density at radius 2 is 1.82 bits per heavy atom. The summed E-state index contributed by atoms with van der Waals surface area (Å²) in [6.45, 7) is 9.13. The van der Waals surface area contributed by atoms with Crippen LogP contribution in [-0.2, 0) is 0 Å². The molecular formula is C9H21NO. The maximum atomic E-state index is 9.54. The van der Waals surface area contributed by atoms with Crippen molar-refractivity contribution in [2.45, 2.75) is 52.5 Å². The Morgan fingerprint density at radius 1 is 1.27 bits per heavy atom. The van der Waals surface area contributed by atoms with Gasteiger partial charge in [-0.2, -0.15) is 5.06 Å². The van der Waals surface area contributed by atoms with Gasteiger partial charge in [-0.15, -0.1) is 0 Å². The topological polar surface area (TPSA) is 23.5 Å². The standard InChI is InChI=1S/C9H21NO/c1-5-7-8-10(11)9(3,4)6-2/h11H,5-8H2,1-4H3. The van der Waals surface area contributed by atoms with Crippen molar-refractivity contribution in [2.75, 3.05) is 6.54 Å². The fourth-order valence-corrected chi connectivity index (χ4v) is 0.793. The molecule has 0 amide bonds. The van der Waals surface area contributed by atoms with Crippen LogP contribution in [0.5, 0.6) is 0 Å². The first-order valence-corrected chi connectivity index (χ1v) is 4.51. The maximum Gasteiger partial charge on any atom is 0.0401 e. The predicted molar refractivity (Wildman–Crippen MR) is 47.8 cm³/mol. The third kappa shape index (κ3) is 3.73. The molecule has 2 heteroatoms. The number of hydroxylamine groups is 2. The van der Waals surface area contributed by atoms with E-state index in [1.54, 1.807) is 0 Å². The smallest absolute Gasteiger partial charge is 0.0401 e. The number of hydrogen-bond acceptors (Lipinski definition) is 2. The fourth-order valence-electron chi connectivity index (χ4n) is 0.793. The monoisotopic (exact) mass is 159 g/mol. The van der Waals surface area contributed by atoms with Gasteiger partial charge in [-0.05, 0) is 26.7 Å². The molecule has 0 aromatic rings. The lowest BCUT2D eigenvalue weighted by Gasteiger charge is -2.32. The minimum atomic E-state index is -0.0603. The molecule has 0 heterocycles. The van der Waals surface area contributed by atoms with E-state index in [2.05, 4.69) is 27.7 Å². The molecule has 0 aromatic heterocycles. The molecule has 0 saturated heterocycles. The third-order valence-electron chi connectivity index (χ3n) is 2.29. The van der Waals surface area contributed by atoms with E-state index >= 15 is 0 Å². The lowest BCUT2D eigenvalue weighted by Crippen LogP contribution is -2.41. The van der Waals surface area contributed by atoms with Gasteiger partial charge in [0.05, 0.1) is 0 Å². The van der Waals surface area contributed by atoms with E-state index in [0.717, 1.165) is 25.8 Å². The van der Waals surface area contributed by atoms with Crippen molar-refractivity contribution < 1.29 is 5.21 Å². The van der Waals surface area contributed by atoms with Crippen molar-refractivity contribution in [1.29, 1.82) is 0 Å². The Labute approximate surface area is 70.2 Å². The second kappa shape index (κ2) is 4.73. The summed E-state index contributed by atoms with van der Waals surface area (Å²) in [6, 6.07) is 0. The molecular weight excluding hydrogens is 138 g/mol. The molecule has 2 nitrogen and oxygen atoms in total. The van der Waals surface area contributed by atoms with Gasteiger partial charge in [-0.1, -0.05) is 20.3 Å². The molecule has 0 aliphatic carbocycles. The Bertz CT molecular complexity index is 102. The predicted octanol–water partition coefficient (Wildman–Crippen LogP) is 2.67. The lowest BCUT2D eigenvalue weighted by molar-refractivity contribution is -0.163. The van der Waals surface area contributed by atoms with Crippen molar-refractivity contribution in [2.24, 2.45) is 0 Å². The molecule has 68 valence electrons. The van der Waals surface area contributed by atoms with Crippen molar-refractivity contribution >= 4 is 0 Å². The fraction of sp³-hybridized carbons (Fsp3) is 1.00. The van der Waals surface area contributed by atoms with Crippen LogP contribution in [-0.4, -0.2) is 22.4 Å². The maximum absolute atomic E-state index is 9.54. The Kier molecular flexibility index (Phi) is 4.69. The molecule has 0 fully saturated rings. The Morgan fingerprint density at radius 3 is 2.18 bits per heavy atom. The van der Waals surface area contributed by atoms with E-state index in [0.29, 0.717) is 0 Å². The summed E-state index contributed by atoms with van der Waals surface area (Å²) in [4.78, 5) is 0. The average Bonchev–Trinajstić information content (AvgIpc) is 2.00. The molecule has 0 radical (unpaired) electrons. The van der Waals surface area contributed by atoms with Crippen LogP contribution in [0.3, 0.4) is 0 Å². The molecule has 0 saturated carbocycles. The van der Waals surface area contributed by atoms with Crippen LogP contribution in [0.4, 0.5) is 0 Å². The summed E-state index contributed by atoms with van der Waals surface area (Å²) < 4.78 is 0. The highest BCUT2D eigenvalue weighted by Gasteiger charge is 2.21. The number of rotatable bonds is 5. The van der Waals surface area contributed by atoms with E-state index in [-0.39, 0.29) is 5.54 Å². The highest BCUT2D eigenvalue weighted by Crippen LogP contribution is 2.16. The highest BCUT2D eigenvalue weighted by molar-refractivity contribution is 4.73. The highest BCUT2D eigenvalue weighted by atomic mass is 16.5. The van der Waals surface area contributed by atoms with Crippen molar-refractivity contribution in [3.05, 3.63) is 0 Å². The third-order valence-corrected chi connectivity index (χ3v) is 2.29. The van der Waals surface area contributed by atoms with Crippen LogP contribution in [0, 0.1) is 0 Å². The van der Waals surface area contributed by atoms with Gasteiger partial charge in [-0.25, -0.2) is 0 Å². The minimum Gasteiger partial charge on any atom is -0.313 e. The van der Waals surface area contributed by atoms with Gasteiger partial charge in [0, 0.05) is 12.1 Å². The molecule has 0 aromatic carbocycles. The second-order valence-electron chi connectivity index (χ2n) is 3.64. The number of unbranched alkanes of at least 4 members (excludes halogenated alkanes) is 1. The van der Waals surface area contributed by atoms with E-state index in [1.165, 1.54) is 5.06 Å².